The summed E-state index contributed by atoms with van der Waals surface area (Å²) in [6.07, 6.45) is 0.868. The van der Waals surface area contributed by atoms with E-state index in [1.54, 1.807) is 11.3 Å². The van der Waals surface area contributed by atoms with Crippen molar-refractivity contribution in [1.29, 1.82) is 0 Å². The molecule has 20 heavy (non-hydrogen) atoms. The zero-order valence-electron chi connectivity index (χ0n) is 10.8. The number of fused-ring (bicyclic) bond motifs is 1. The normalized spacial score (nSPS) is 12.7. The van der Waals surface area contributed by atoms with Crippen LogP contribution in [0.1, 0.15) is 17.2 Å². The van der Waals surface area contributed by atoms with Gasteiger partial charge in [-0.05, 0) is 46.5 Å². The van der Waals surface area contributed by atoms with Gasteiger partial charge >= 0.3 is 0 Å². The van der Waals surface area contributed by atoms with Crippen molar-refractivity contribution in [2.75, 3.05) is 0 Å². The number of hydrogen-bond acceptors (Lipinski definition) is 3. The first-order valence-electron chi connectivity index (χ1n) is 6.44. The van der Waals surface area contributed by atoms with Crippen LogP contribution in [0.25, 0.3) is 10.1 Å². The molecule has 0 fully saturated rings. The SMILES string of the molecule is NNC(Cc1cccc(Br)c1)c1cccc2ccsc12. The lowest BCUT2D eigenvalue weighted by Crippen LogP contribution is -2.29. The summed E-state index contributed by atoms with van der Waals surface area (Å²) in [6, 6.07) is 17.0. The maximum absolute atomic E-state index is 5.79. The van der Waals surface area contributed by atoms with Crippen LogP contribution in [0.3, 0.4) is 0 Å². The van der Waals surface area contributed by atoms with Crippen LogP contribution in [0.5, 0.6) is 0 Å². The molecule has 0 aliphatic rings. The zero-order valence-corrected chi connectivity index (χ0v) is 13.2. The van der Waals surface area contributed by atoms with Crippen molar-refractivity contribution in [1.82, 2.24) is 5.43 Å². The summed E-state index contributed by atoms with van der Waals surface area (Å²) < 4.78 is 2.41. The highest BCUT2D eigenvalue weighted by Gasteiger charge is 2.14. The van der Waals surface area contributed by atoms with Gasteiger partial charge in [0.2, 0.25) is 0 Å². The van der Waals surface area contributed by atoms with Crippen molar-refractivity contribution < 1.29 is 0 Å². The minimum absolute atomic E-state index is 0.117. The Morgan fingerprint density at radius 3 is 2.80 bits per heavy atom. The molecule has 1 heterocycles. The molecular formula is C16H15BrN2S. The quantitative estimate of drug-likeness (QED) is 0.542. The highest BCUT2D eigenvalue weighted by Crippen LogP contribution is 2.30. The van der Waals surface area contributed by atoms with Crippen LogP contribution in [0.4, 0.5) is 0 Å². The standard InChI is InChI=1S/C16H15BrN2S/c17-13-5-1-3-11(9-13)10-15(19-18)14-6-2-4-12-7-8-20-16(12)14/h1-9,15,19H,10,18H2. The zero-order chi connectivity index (χ0) is 13.9. The van der Waals surface area contributed by atoms with Gasteiger partial charge in [0, 0.05) is 9.17 Å². The minimum Gasteiger partial charge on any atom is -0.271 e. The lowest BCUT2D eigenvalue weighted by Gasteiger charge is -2.17. The molecular weight excluding hydrogens is 332 g/mol. The fourth-order valence-corrected chi connectivity index (χ4v) is 3.86. The third-order valence-corrected chi connectivity index (χ3v) is 4.89. The molecule has 1 unspecified atom stereocenters. The fourth-order valence-electron chi connectivity index (χ4n) is 2.45. The van der Waals surface area contributed by atoms with Crippen molar-refractivity contribution in [2.45, 2.75) is 12.5 Å². The van der Waals surface area contributed by atoms with Gasteiger partial charge < -0.3 is 0 Å². The lowest BCUT2D eigenvalue weighted by molar-refractivity contribution is 0.556. The summed E-state index contributed by atoms with van der Waals surface area (Å²) in [5, 5.41) is 3.41. The van der Waals surface area contributed by atoms with Crippen molar-refractivity contribution in [3.8, 4) is 0 Å². The van der Waals surface area contributed by atoms with E-state index in [4.69, 9.17) is 5.84 Å². The average Bonchev–Trinajstić information content (AvgIpc) is 2.93. The molecule has 3 N–H and O–H groups in total. The van der Waals surface area contributed by atoms with Gasteiger partial charge in [-0.1, -0.05) is 46.3 Å². The van der Waals surface area contributed by atoms with Gasteiger partial charge in [-0.15, -0.1) is 11.3 Å². The van der Waals surface area contributed by atoms with Gasteiger partial charge in [0.1, 0.15) is 0 Å². The second kappa shape index (κ2) is 6.06. The van der Waals surface area contributed by atoms with E-state index < -0.39 is 0 Å². The Kier molecular flexibility index (Phi) is 4.17. The van der Waals surface area contributed by atoms with E-state index in [1.165, 1.54) is 21.2 Å². The van der Waals surface area contributed by atoms with Crippen LogP contribution >= 0.6 is 27.3 Å². The van der Waals surface area contributed by atoms with Gasteiger partial charge in [-0.25, -0.2) is 0 Å². The monoisotopic (exact) mass is 346 g/mol. The molecule has 0 radical (unpaired) electrons. The molecule has 0 saturated heterocycles. The number of halogens is 1. The summed E-state index contributed by atoms with van der Waals surface area (Å²) in [7, 11) is 0. The highest BCUT2D eigenvalue weighted by atomic mass is 79.9. The topological polar surface area (TPSA) is 38.0 Å². The summed E-state index contributed by atoms with van der Waals surface area (Å²) >= 11 is 5.28. The van der Waals surface area contributed by atoms with Gasteiger partial charge in [0.15, 0.2) is 0 Å². The van der Waals surface area contributed by atoms with Crippen LogP contribution in [0, 0.1) is 0 Å². The summed E-state index contributed by atoms with van der Waals surface area (Å²) in [5.74, 6) is 5.79. The number of nitrogens with one attached hydrogen (secondary N) is 1. The second-order valence-corrected chi connectivity index (χ2v) is 6.57. The molecule has 0 spiro atoms. The van der Waals surface area contributed by atoms with Crippen molar-refractivity contribution in [3.05, 3.63) is 69.5 Å². The molecule has 2 nitrogen and oxygen atoms in total. The number of nitrogens with two attached hydrogens (primary N) is 1. The van der Waals surface area contributed by atoms with E-state index in [-0.39, 0.29) is 6.04 Å². The van der Waals surface area contributed by atoms with E-state index in [9.17, 15) is 0 Å². The fraction of sp³-hybridized carbons (Fsp3) is 0.125. The molecule has 0 amide bonds. The van der Waals surface area contributed by atoms with Crippen LogP contribution in [0.15, 0.2) is 58.4 Å². The van der Waals surface area contributed by atoms with Crippen molar-refractivity contribution in [2.24, 2.45) is 5.84 Å². The molecule has 3 aromatic rings. The van der Waals surface area contributed by atoms with Gasteiger partial charge in [0.25, 0.3) is 0 Å². The maximum Gasteiger partial charge on any atom is 0.0514 e. The highest BCUT2D eigenvalue weighted by molar-refractivity contribution is 9.10. The number of hydrogen-bond donors (Lipinski definition) is 2. The van der Waals surface area contributed by atoms with Crippen molar-refractivity contribution >= 4 is 37.4 Å². The van der Waals surface area contributed by atoms with Gasteiger partial charge in [0.05, 0.1) is 6.04 Å². The molecule has 0 bridgehead atoms. The average molecular weight is 347 g/mol. The first-order valence-corrected chi connectivity index (χ1v) is 8.12. The Labute approximate surface area is 130 Å². The minimum atomic E-state index is 0.117. The first kappa shape index (κ1) is 13.8. The Bertz CT molecular complexity index is 723. The third kappa shape index (κ3) is 2.79. The first-order chi connectivity index (χ1) is 9.78. The van der Waals surface area contributed by atoms with E-state index >= 15 is 0 Å². The lowest BCUT2D eigenvalue weighted by atomic mass is 9.98. The molecule has 4 heteroatoms. The molecule has 1 aromatic heterocycles. The number of hydrazine groups is 1. The van der Waals surface area contributed by atoms with E-state index in [0.29, 0.717) is 0 Å². The molecule has 0 saturated carbocycles. The number of benzene rings is 2. The Morgan fingerprint density at radius 2 is 2.00 bits per heavy atom. The maximum atomic E-state index is 5.79. The van der Waals surface area contributed by atoms with Crippen LogP contribution in [-0.2, 0) is 6.42 Å². The summed E-state index contributed by atoms with van der Waals surface area (Å²) in [6.45, 7) is 0. The van der Waals surface area contributed by atoms with Crippen LogP contribution in [-0.4, -0.2) is 0 Å². The predicted molar refractivity (Wildman–Crippen MR) is 89.7 cm³/mol. The van der Waals surface area contributed by atoms with Gasteiger partial charge in [-0.2, -0.15) is 0 Å². The second-order valence-electron chi connectivity index (χ2n) is 4.74. The Morgan fingerprint density at radius 1 is 1.15 bits per heavy atom. The van der Waals surface area contributed by atoms with E-state index in [2.05, 4.69) is 69.2 Å². The summed E-state index contributed by atoms with van der Waals surface area (Å²) in [5.41, 5.74) is 5.48. The van der Waals surface area contributed by atoms with Gasteiger partial charge in [-0.3, -0.25) is 11.3 Å². The molecule has 0 aliphatic heterocycles. The number of rotatable bonds is 4. The van der Waals surface area contributed by atoms with Crippen LogP contribution in [0.2, 0.25) is 0 Å². The van der Waals surface area contributed by atoms with E-state index in [0.717, 1.165) is 10.9 Å². The van der Waals surface area contributed by atoms with E-state index in [1.807, 2.05) is 6.07 Å². The predicted octanol–water partition coefficient (Wildman–Crippen LogP) is 4.41. The third-order valence-electron chi connectivity index (χ3n) is 3.41. The molecule has 2 aromatic carbocycles. The Balaban J connectivity index is 1.95. The van der Waals surface area contributed by atoms with Crippen LogP contribution < -0.4 is 11.3 Å². The molecule has 3 rings (SSSR count). The Hall–Kier alpha value is -1.20. The number of thiophene rings is 1. The smallest absolute Gasteiger partial charge is 0.0514 e. The molecule has 102 valence electrons. The largest absolute Gasteiger partial charge is 0.271 e. The van der Waals surface area contributed by atoms with Crippen molar-refractivity contribution in [3.63, 3.8) is 0 Å². The molecule has 0 aliphatic carbocycles. The molecule has 1 atom stereocenters. The summed E-state index contributed by atoms with van der Waals surface area (Å²) in [4.78, 5) is 0.